The zero-order chi connectivity index (χ0) is 12.6. The SMILES string of the molecule is CC(O)c1ccc(N2OC(C)(C)CC2=O)cc1. The fourth-order valence-corrected chi connectivity index (χ4v) is 1.85. The van der Waals surface area contributed by atoms with E-state index in [1.54, 1.807) is 31.2 Å². The number of rotatable bonds is 2. The van der Waals surface area contributed by atoms with Crippen LogP contribution in [0, 0.1) is 0 Å². The van der Waals surface area contributed by atoms with Crippen molar-refractivity contribution in [2.45, 2.75) is 38.9 Å². The summed E-state index contributed by atoms with van der Waals surface area (Å²) in [5.74, 6) is -0.0419. The largest absolute Gasteiger partial charge is 0.389 e. The van der Waals surface area contributed by atoms with Gasteiger partial charge >= 0.3 is 0 Å². The van der Waals surface area contributed by atoms with Crippen molar-refractivity contribution in [2.24, 2.45) is 0 Å². The lowest BCUT2D eigenvalue weighted by molar-refractivity contribution is -0.119. The molecular weight excluding hydrogens is 218 g/mol. The first-order valence-electron chi connectivity index (χ1n) is 5.69. The molecule has 0 spiro atoms. The Kier molecular flexibility index (Phi) is 2.93. The van der Waals surface area contributed by atoms with Crippen molar-refractivity contribution in [1.29, 1.82) is 0 Å². The predicted molar refractivity (Wildman–Crippen MR) is 64.3 cm³/mol. The third-order valence-electron chi connectivity index (χ3n) is 2.75. The van der Waals surface area contributed by atoms with E-state index in [0.29, 0.717) is 12.1 Å². The minimum atomic E-state index is -0.504. The fraction of sp³-hybridized carbons (Fsp3) is 0.462. The first-order chi connectivity index (χ1) is 7.89. The maximum atomic E-state index is 11.8. The number of carbonyl (C=O) groups excluding carboxylic acids is 1. The Morgan fingerprint density at radius 1 is 1.35 bits per heavy atom. The zero-order valence-corrected chi connectivity index (χ0v) is 10.3. The van der Waals surface area contributed by atoms with E-state index in [9.17, 15) is 9.90 Å². The summed E-state index contributed by atoms with van der Waals surface area (Å²) in [7, 11) is 0. The van der Waals surface area contributed by atoms with Crippen LogP contribution in [-0.2, 0) is 9.63 Å². The molecule has 92 valence electrons. The number of nitrogens with zero attached hydrogens (tertiary/aromatic N) is 1. The molecule has 0 bridgehead atoms. The van der Waals surface area contributed by atoms with Crippen molar-refractivity contribution >= 4 is 11.6 Å². The van der Waals surface area contributed by atoms with E-state index < -0.39 is 11.7 Å². The predicted octanol–water partition coefficient (Wildman–Crippen LogP) is 2.19. The van der Waals surface area contributed by atoms with Gasteiger partial charge in [-0.15, -0.1) is 0 Å². The van der Waals surface area contributed by atoms with E-state index in [-0.39, 0.29) is 5.91 Å². The number of benzene rings is 1. The Bertz CT molecular complexity index is 423. The Morgan fingerprint density at radius 2 is 1.94 bits per heavy atom. The van der Waals surface area contributed by atoms with E-state index in [0.717, 1.165) is 5.56 Å². The number of carbonyl (C=O) groups is 1. The lowest BCUT2D eigenvalue weighted by Gasteiger charge is -2.20. The van der Waals surface area contributed by atoms with E-state index in [2.05, 4.69) is 0 Å². The molecule has 1 amide bonds. The standard InChI is InChI=1S/C13H17NO3/c1-9(15)10-4-6-11(7-5-10)14-12(16)8-13(2,3)17-14/h4-7,9,15H,8H2,1-3H3. The molecule has 0 aliphatic carbocycles. The topological polar surface area (TPSA) is 49.8 Å². The Morgan fingerprint density at radius 3 is 2.35 bits per heavy atom. The van der Waals surface area contributed by atoms with Gasteiger partial charge in [0.05, 0.1) is 18.2 Å². The third-order valence-corrected chi connectivity index (χ3v) is 2.75. The molecule has 2 rings (SSSR count). The molecule has 4 heteroatoms. The number of hydrogen-bond acceptors (Lipinski definition) is 3. The maximum absolute atomic E-state index is 11.8. The van der Waals surface area contributed by atoms with Crippen molar-refractivity contribution in [3.63, 3.8) is 0 Å². The molecule has 0 aromatic heterocycles. The molecule has 1 saturated heterocycles. The fourth-order valence-electron chi connectivity index (χ4n) is 1.85. The van der Waals surface area contributed by atoms with Gasteiger partial charge in [0.15, 0.2) is 0 Å². The van der Waals surface area contributed by atoms with E-state index in [1.165, 1.54) is 5.06 Å². The second-order valence-electron chi connectivity index (χ2n) is 4.98. The van der Waals surface area contributed by atoms with Crippen molar-refractivity contribution < 1.29 is 14.7 Å². The second-order valence-corrected chi connectivity index (χ2v) is 4.98. The van der Waals surface area contributed by atoms with Crippen LogP contribution in [0.25, 0.3) is 0 Å². The van der Waals surface area contributed by atoms with Crippen LogP contribution >= 0.6 is 0 Å². The summed E-state index contributed by atoms with van der Waals surface area (Å²) < 4.78 is 0. The normalized spacial score (nSPS) is 20.7. The smallest absolute Gasteiger partial charge is 0.253 e. The molecule has 1 N–H and O–H groups in total. The van der Waals surface area contributed by atoms with E-state index in [1.807, 2.05) is 13.8 Å². The molecular formula is C13H17NO3. The van der Waals surface area contributed by atoms with Crippen molar-refractivity contribution in [1.82, 2.24) is 0 Å². The molecule has 1 aromatic carbocycles. The van der Waals surface area contributed by atoms with Gasteiger partial charge in [-0.3, -0.25) is 9.63 Å². The van der Waals surface area contributed by atoms with Crippen LogP contribution in [0.2, 0.25) is 0 Å². The highest BCUT2D eigenvalue weighted by molar-refractivity contribution is 5.93. The van der Waals surface area contributed by atoms with Crippen LogP contribution in [-0.4, -0.2) is 16.6 Å². The highest BCUT2D eigenvalue weighted by Crippen LogP contribution is 2.31. The van der Waals surface area contributed by atoms with Crippen LogP contribution < -0.4 is 5.06 Å². The minimum absolute atomic E-state index is 0.0419. The van der Waals surface area contributed by atoms with Gasteiger partial charge in [0.25, 0.3) is 5.91 Å². The summed E-state index contributed by atoms with van der Waals surface area (Å²) in [6.07, 6.45) is -0.124. The van der Waals surface area contributed by atoms with Crippen LogP contribution in [0.4, 0.5) is 5.69 Å². The monoisotopic (exact) mass is 235 g/mol. The lowest BCUT2D eigenvalue weighted by atomic mass is 10.1. The van der Waals surface area contributed by atoms with Crippen LogP contribution in [0.5, 0.6) is 0 Å². The van der Waals surface area contributed by atoms with Crippen LogP contribution in [0.1, 0.15) is 38.9 Å². The highest BCUT2D eigenvalue weighted by atomic mass is 16.7. The number of anilines is 1. The molecule has 1 unspecified atom stereocenters. The van der Waals surface area contributed by atoms with Gasteiger partial charge in [0.2, 0.25) is 0 Å². The first-order valence-corrected chi connectivity index (χ1v) is 5.69. The van der Waals surface area contributed by atoms with Crippen LogP contribution in [0.15, 0.2) is 24.3 Å². The highest BCUT2D eigenvalue weighted by Gasteiger charge is 2.38. The number of aliphatic hydroxyl groups excluding tert-OH is 1. The van der Waals surface area contributed by atoms with Crippen LogP contribution in [0.3, 0.4) is 0 Å². The quantitative estimate of drug-likeness (QED) is 0.854. The van der Waals surface area contributed by atoms with Gasteiger partial charge in [0, 0.05) is 0 Å². The molecule has 17 heavy (non-hydrogen) atoms. The molecule has 1 heterocycles. The molecule has 1 fully saturated rings. The summed E-state index contributed by atoms with van der Waals surface area (Å²) in [6, 6.07) is 7.15. The van der Waals surface area contributed by atoms with Gasteiger partial charge < -0.3 is 5.11 Å². The number of hydroxylamine groups is 1. The zero-order valence-electron chi connectivity index (χ0n) is 10.3. The van der Waals surface area contributed by atoms with Gasteiger partial charge in [-0.2, -0.15) is 5.06 Å². The summed E-state index contributed by atoms with van der Waals surface area (Å²) in [6.45, 7) is 5.47. The molecule has 4 nitrogen and oxygen atoms in total. The number of aliphatic hydroxyl groups is 1. The summed E-state index contributed by atoms with van der Waals surface area (Å²) >= 11 is 0. The minimum Gasteiger partial charge on any atom is -0.389 e. The second kappa shape index (κ2) is 4.13. The Labute approximate surface area is 101 Å². The lowest BCUT2D eigenvalue weighted by Crippen LogP contribution is -2.25. The van der Waals surface area contributed by atoms with Gasteiger partial charge in [0.1, 0.15) is 5.60 Å². The first kappa shape index (κ1) is 12.1. The van der Waals surface area contributed by atoms with E-state index in [4.69, 9.17) is 4.84 Å². The third kappa shape index (κ3) is 2.48. The van der Waals surface area contributed by atoms with Crippen molar-refractivity contribution in [3.05, 3.63) is 29.8 Å². The van der Waals surface area contributed by atoms with E-state index >= 15 is 0 Å². The number of hydrogen-bond donors (Lipinski definition) is 1. The number of amides is 1. The molecule has 1 atom stereocenters. The average Bonchev–Trinajstić information content (AvgIpc) is 2.52. The Hall–Kier alpha value is -1.39. The molecule has 1 aliphatic heterocycles. The molecule has 0 radical (unpaired) electrons. The van der Waals surface area contributed by atoms with Gasteiger partial charge in [-0.05, 0) is 38.5 Å². The summed E-state index contributed by atoms with van der Waals surface area (Å²) in [5, 5.41) is 10.7. The van der Waals surface area contributed by atoms with Crippen molar-refractivity contribution in [3.8, 4) is 0 Å². The molecule has 1 aliphatic rings. The molecule has 0 saturated carbocycles. The Balaban J connectivity index is 2.21. The average molecular weight is 235 g/mol. The van der Waals surface area contributed by atoms with Gasteiger partial charge in [-0.1, -0.05) is 12.1 Å². The van der Waals surface area contributed by atoms with Gasteiger partial charge in [-0.25, -0.2) is 0 Å². The summed E-state index contributed by atoms with van der Waals surface area (Å²) in [5.41, 5.74) is 1.07. The van der Waals surface area contributed by atoms with Crippen molar-refractivity contribution in [2.75, 3.05) is 5.06 Å². The maximum Gasteiger partial charge on any atom is 0.253 e. The summed E-state index contributed by atoms with van der Waals surface area (Å²) in [4.78, 5) is 17.3. The molecule has 1 aromatic rings.